The van der Waals surface area contributed by atoms with Crippen LogP contribution in [0.4, 0.5) is 11.4 Å². The van der Waals surface area contributed by atoms with E-state index < -0.39 is 11.6 Å². The molecular weight excluding hydrogens is 266 g/mol. The van der Waals surface area contributed by atoms with Crippen LogP contribution in [0.15, 0.2) is 24.3 Å². The number of rotatable bonds is 3. The molecule has 0 aromatic heterocycles. The molecule has 1 heterocycles. The van der Waals surface area contributed by atoms with Gasteiger partial charge in [-0.05, 0) is 38.5 Å². The van der Waals surface area contributed by atoms with Crippen LogP contribution in [0, 0.1) is 0 Å². The number of amides is 2. The average molecular weight is 289 g/mol. The first-order valence-electron chi connectivity index (χ1n) is 7.23. The van der Waals surface area contributed by atoms with Gasteiger partial charge in [0.2, 0.25) is 5.91 Å². The Morgan fingerprint density at radius 3 is 2.57 bits per heavy atom. The van der Waals surface area contributed by atoms with Crippen LogP contribution in [0.2, 0.25) is 0 Å². The van der Waals surface area contributed by atoms with E-state index in [-0.39, 0.29) is 11.8 Å². The summed E-state index contributed by atoms with van der Waals surface area (Å²) in [5.41, 5.74) is 0.919. The summed E-state index contributed by atoms with van der Waals surface area (Å²) >= 11 is 0. The lowest BCUT2D eigenvalue weighted by Gasteiger charge is -2.43. The number of piperazine rings is 1. The summed E-state index contributed by atoms with van der Waals surface area (Å²) in [4.78, 5) is 28.6. The minimum atomic E-state index is -0.836. The molecule has 2 amide bonds. The van der Waals surface area contributed by atoms with E-state index in [9.17, 15) is 9.59 Å². The van der Waals surface area contributed by atoms with Crippen molar-refractivity contribution < 1.29 is 9.59 Å². The van der Waals surface area contributed by atoms with Crippen LogP contribution in [0.3, 0.4) is 0 Å². The summed E-state index contributed by atoms with van der Waals surface area (Å²) < 4.78 is 0. The standard InChI is InChI=1S/C16H23N3O2/c1-6-16(3)15(21)19(11(2)14(20)17-16)13-9-7-8-12(10-13)18(4)5/h7-11H,6H2,1-5H3,(H,17,20). The molecule has 5 nitrogen and oxygen atoms in total. The Morgan fingerprint density at radius 1 is 1.33 bits per heavy atom. The maximum atomic E-state index is 12.8. The number of nitrogens with zero attached hydrogens (tertiary/aromatic N) is 2. The molecule has 1 saturated heterocycles. The zero-order chi connectivity index (χ0) is 15.8. The third-order valence-electron chi connectivity index (χ3n) is 4.19. The molecular formula is C16H23N3O2. The smallest absolute Gasteiger partial charge is 0.253 e. The Balaban J connectivity index is 2.46. The van der Waals surface area contributed by atoms with E-state index in [1.54, 1.807) is 18.7 Å². The van der Waals surface area contributed by atoms with E-state index in [0.29, 0.717) is 6.42 Å². The van der Waals surface area contributed by atoms with E-state index >= 15 is 0 Å². The fraction of sp³-hybridized carbons (Fsp3) is 0.500. The van der Waals surface area contributed by atoms with Gasteiger partial charge in [0.25, 0.3) is 5.91 Å². The molecule has 0 bridgehead atoms. The lowest BCUT2D eigenvalue weighted by atomic mass is 9.91. The van der Waals surface area contributed by atoms with Gasteiger partial charge in [-0.25, -0.2) is 0 Å². The molecule has 0 radical (unpaired) electrons. The van der Waals surface area contributed by atoms with E-state index in [0.717, 1.165) is 11.4 Å². The van der Waals surface area contributed by atoms with Gasteiger partial charge in [-0.3, -0.25) is 14.5 Å². The highest BCUT2D eigenvalue weighted by Gasteiger charge is 2.45. The Kier molecular flexibility index (Phi) is 3.94. The third-order valence-corrected chi connectivity index (χ3v) is 4.19. The van der Waals surface area contributed by atoms with Crippen LogP contribution in [-0.4, -0.2) is 37.5 Å². The number of carbonyl (C=O) groups is 2. The molecule has 1 aromatic carbocycles. The number of carbonyl (C=O) groups excluding carboxylic acids is 2. The number of hydrogen-bond acceptors (Lipinski definition) is 3. The highest BCUT2D eigenvalue weighted by molar-refractivity contribution is 6.10. The molecule has 0 aliphatic carbocycles. The van der Waals surface area contributed by atoms with Crippen molar-refractivity contribution in [3.63, 3.8) is 0 Å². The van der Waals surface area contributed by atoms with Crippen molar-refractivity contribution in [3.8, 4) is 0 Å². The fourth-order valence-electron chi connectivity index (χ4n) is 2.49. The van der Waals surface area contributed by atoms with Gasteiger partial charge in [0.05, 0.1) is 0 Å². The highest BCUT2D eigenvalue weighted by atomic mass is 16.2. The van der Waals surface area contributed by atoms with Crippen LogP contribution in [-0.2, 0) is 9.59 Å². The second-order valence-electron chi connectivity index (χ2n) is 5.94. The summed E-state index contributed by atoms with van der Waals surface area (Å²) in [6.07, 6.45) is 0.564. The molecule has 21 heavy (non-hydrogen) atoms. The van der Waals surface area contributed by atoms with Gasteiger partial charge < -0.3 is 10.2 Å². The van der Waals surface area contributed by atoms with Crippen molar-refractivity contribution in [1.29, 1.82) is 0 Å². The minimum absolute atomic E-state index is 0.0620. The molecule has 1 aliphatic rings. The summed E-state index contributed by atoms with van der Waals surface area (Å²) in [7, 11) is 3.90. The molecule has 114 valence electrons. The SMILES string of the molecule is CCC1(C)NC(=O)C(C)N(c2cccc(N(C)C)c2)C1=O. The molecule has 0 saturated carbocycles. The molecule has 2 atom stereocenters. The second-order valence-corrected chi connectivity index (χ2v) is 5.94. The highest BCUT2D eigenvalue weighted by Crippen LogP contribution is 2.29. The lowest BCUT2D eigenvalue weighted by Crippen LogP contribution is -2.68. The van der Waals surface area contributed by atoms with Gasteiger partial charge in [0.15, 0.2) is 0 Å². The Morgan fingerprint density at radius 2 is 2.00 bits per heavy atom. The number of benzene rings is 1. The maximum absolute atomic E-state index is 12.8. The maximum Gasteiger partial charge on any atom is 0.253 e. The quantitative estimate of drug-likeness (QED) is 0.922. The zero-order valence-electron chi connectivity index (χ0n) is 13.3. The molecule has 5 heteroatoms. The normalized spacial score (nSPS) is 25.8. The summed E-state index contributed by atoms with van der Waals surface area (Å²) in [6.45, 7) is 5.44. The van der Waals surface area contributed by atoms with Gasteiger partial charge in [0, 0.05) is 25.5 Å². The Labute approximate surface area is 125 Å². The molecule has 0 spiro atoms. The predicted molar refractivity (Wildman–Crippen MR) is 84.6 cm³/mol. The summed E-state index contributed by atoms with van der Waals surface area (Å²) in [5.74, 6) is -0.179. The van der Waals surface area contributed by atoms with Gasteiger partial charge >= 0.3 is 0 Å². The summed E-state index contributed by atoms with van der Waals surface area (Å²) in [5, 5.41) is 2.84. The van der Waals surface area contributed by atoms with Gasteiger partial charge in [0.1, 0.15) is 11.6 Å². The molecule has 2 unspecified atom stereocenters. The van der Waals surface area contributed by atoms with Crippen molar-refractivity contribution in [3.05, 3.63) is 24.3 Å². The number of anilines is 2. The minimum Gasteiger partial charge on any atom is -0.378 e. The zero-order valence-corrected chi connectivity index (χ0v) is 13.3. The number of nitrogens with one attached hydrogen (secondary N) is 1. The first-order valence-corrected chi connectivity index (χ1v) is 7.23. The van der Waals surface area contributed by atoms with Crippen molar-refractivity contribution in [2.75, 3.05) is 23.9 Å². The van der Waals surface area contributed by atoms with Crippen LogP contribution in [0.1, 0.15) is 27.2 Å². The molecule has 1 aromatic rings. The van der Waals surface area contributed by atoms with Crippen molar-refractivity contribution in [2.45, 2.75) is 38.8 Å². The van der Waals surface area contributed by atoms with E-state index in [1.807, 2.05) is 50.2 Å². The average Bonchev–Trinajstić information content (AvgIpc) is 2.46. The Bertz CT molecular complexity index is 570. The predicted octanol–water partition coefficient (Wildman–Crippen LogP) is 1.77. The van der Waals surface area contributed by atoms with E-state index in [1.165, 1.54) is 0 Å². The van der Waals surface area contributed by atoms with Crippen molar-refractivity contribution in [1.82, 2.24) is 5.32 Å². The van der Waals surface area contributed by atoms with E-state index in [4.69, 9.17) is 0 Å². The first-order chi connectivity index (χ1) is 9.80. The monoisotopic (exact) mass is 289 g/mol. The van der Waals surface area contributed by atoms with Crippen LogP contribution < -0.4 is 15.1 Å². The van der Waals surface area contributed by atoms with Crippen LogP contribution in [0.25, 0.3) is 0 Å². The van der Waals surface area contributed by atoms with Crippen molar-refractivity contribution in [2.24, 2.45) is 0 Å². The van der Waals surface area contributed by atoms with Gasteiger partial charge in [-0.15, -0.1) is 0 Å². The van der Waals surface area contributed by atoms with Gasteiger partial charge in [-0.2, -0.15) is 0 Å². The van der Waals surface area contributed by atoms with Gasteiger partial charge in [-0.1, -0.05) is 13.0 Å². The Hall–Kier alpha value is -2.04. The third kappa shape index (κ3) is 2.60. The van der Waals surface area contributed by atoms with Crippen molar-refractivity contribution >= 4 is 23.2 Å². The molecule has 1 aliphatic heterocycles. The first kappa shape index (κ1) is 15.4. The molecule has 1 N–H and O–H groups in total. The fourth-order valence-corrected chi connectivity index (χ4v) is 2.49. The number of hydrogen-bond donors (Lipinski definition) is 1. The van der Waals surface area contributed by atoms with Crippen LogP contribution >= 0.6 is 0 Å². The second kappa shape index (κ2) is 5.39. The van der Waals surface area contributed by atoms with Crippen LogP contribution in [0.5, 0.6) is 0 Å². The topological polar surface area (TPSA) is 52.7 Å². The molecule has 2 rings (SSSR count). The van der Waals surface area contributed by atoms with E-state index in [2.05, 4.69) is 5.32 Å². The largest absolute Gasteiger partial charge is 0.378 e. The summed E-state index contributed by atoms with van der Waals surface area (Å²) in [6, 6.07) is 7.18. The molecule has 1 fully saturated rings. The lowest BCUT2D eigenvalue weighted by molar-refractivity contribution is -0.137.